The topological polar surface area (TPSA) is 191 Å². The molecular weight excluding hydrogens is 1140 g/mol. The highest BCUT2D eigenvalue weighted by atomic mass is 16.6. The minimum absolute atomic E-state index is 0.230. The number of carbonyl (C=O) groups excluding carboxylic acids is 4. The highest BCUT2D eigenvalue weighted by Gasteiger charge is 2.45. The summed E-state index contributed by atoms with van der Waals surface area (Å²) < 4.78 is 22.0. The van der Waals surface area contributed by atoms with E-state index in [1.807, 2.05) is 95.2 Å². The van der Waals surface area contributed by atoms with Crippen molar-refractivity contribution in [3.8, 4) is 44.5 Å². The van der Waals surface area contributed by atoms with Crippen molar-refractivity contribution in [2.75, 3.05) is 26.2 Å². The van der Waals surface area contributed by atoms with E-state index in [9.17, 15) is 29.1 Å². The zero-order valence-electron chi connectivity index (χ0n) is 56.9. The first-order valence-corrected chi connectivity index (χ1v) is 33.8. The molecule has 7 rings (SSSR count). The summed E-state index contributed by atoms with van der Waals surface area (Å²) in [5.41, 5.74) is 12.2. The Bertz CT molecular complexity index is 3160. The number of carboxylic acids is 1. The Kier molecular flexibility index (Phi) is 24.8. The second kappa shape index (κ2) is 31.8. The van der Waals surface area contributed by atoms with Crippen LogP contribution in [0.4, 0.5) is 19.2 Å². The average Bonchev–Trinajstić information content (AvgIpc) is 1.58. The molecule has 0 atom stereocenters. The quantitative estimate of drug-likeness (QED) is 0.0211. The standard InChI is InChI=1S/C77H106N4O10/c1-72(2,3)88-68(84)78-47-27-17-13-23-43-76(44-24-14-18-28-48-79-69(85)89-73(4,5)6)63-32-22-21-31-59(63)60-41-38-57(52-64(60)76)58-39-42-62-61-40-37-56(54-33-35-55(36-34-54)67(82)83)51-65(61)77(66(62)53-58,45-25-15-19-29-49-80-70(86)90-74(7,8)9)46-26-16-20-30-50-81-71(87)91-75(10,11)12/h21-22,31-42,51-53H,13-20,23-30,43-50H2,1-12H3,(H,78,84)(H,79,85)(H,80,86)(H,81,87)(H,82,83). The predicted molar refractivity (Wildman–Crippen MR) is 366 cm³/mol. The smallest absolute Gasteiger partial charge is 0.407 e. The van der Waals surface area contributed by atoms with Gasteiger partial charge in [-0.15, -0.1) is 0 Å². The summed E-state index contributed by atoms with van der Waals surface area (Å²) >= 11 is 0. The van der Waals surface area contributed by atoms with Crippen molar-refractivity contribution in [1.29, 1.82) is 0 Å². The van der Waals surface area contributed by atoms with Crippen LogP contribution in [-0.2, 0) is 29.8 Å². The lowest BCUT2D eigenvalue weighted by molar-refractivity contribution is 0.0515. The van der Waals surface area contributed by atoms with Crippen LogP contribution in [0.15, 0.2) is 103 Å². The number of alkyl carbamates (subject to hydrolysis) is 4. The van der Waals surface area contributed by atoms with Crippen molar-refractivity contribution in [1.82, 2.24) is 21.3 Å². The third-order valence-corrected chi connectivity index (χ3v) is 17.2. The van der Waals surface area contributed by atoms with E-state index in [4.69, 9.17) is 18.9 Å². The largest absolute Gasteiger partial charge is 0.478 e. The van der Waals surface area contributed by atoms with Crippen LogP contribution < -0.4 is 21.3 Å². The molecule has 5 aromatic carbocycles. The Hall–Kier alpha value is -7.35. The van der Waals surface area contributed by atoms with Gasteiger partial charge in [0.15, 0.2) is 0 Å². The maximum atomic E-state index is 12.5. The monoisotopic (exact) mass is 1250 g/mol. The van der Waals surface area contributed by atoms with Gasteiger partial charge >= 0.3 is 30.3 Å². The van der Waals surface area contributed by atoms with Crippen LogP contribution in [0, 0.1) is 0 Å². The molecule has 2 aliphatic rings. The molecule has 0 saturated carbocycles. The second-order valence-electron chi connectivity index (χ2n) is 29.2. The molecule has 0 saturated heterocycles. The van der Waals surface area contributed by atoms with Crippen molar-refractivity contribution in [2.45, 2.75) is 245 Å². The first-order valence-electron chi connectivity index (χ1n) is 33.8. The molecule has 14 nitrogen and oxygen atoms in total. The van der Waals surface area contributed by atoms with Crippen LogP contribution in [0.2, 0.25) is 0 Å². The number of benzene rings is 5. The molecule has 14 heteroatoms. The number of hydrogen-bond acceptors (Lipinski definition) is 9. The first kappa shape index (κ1) is 71.1. The Labute approximate surface area is 543 Å². The van der Waals surface area contributed by atoms with E-state index in [2.05, 4.69) is 100 Å². The second-order valence-corrected chi connectivity index (χ2v) is 29.2. The molecule has 91 heavy (non-hydrogen) atoms. The Morgan fingerprint density at radius 1 is 0.330 bits per heavy atom. The van der Waals surface area contributed by atoms with E-state index < -0.39 is 40.6 Å². The van der Waals surface area contributed by atoms with Crippen molar-refractivity contribution in [3.63, 3.8) is 0 Å². The van der Waals surface area contributed by atoms with Gasteiger partial charge in [-0.1, -0.05) is 150 Å². The number of aromatic carboxylic acids is 1. The molecule has 0 unspecified atom stereocenters. The van der Waals surface area contributed by atoms with Gasteiger partial charge < -0.3 is 45.3 Å². The fraction of sp³-hybridized carbons (Fsp3) is 0.545. The molecule has 0 radical (unpaired) electrons. The van der Waals surface area contributed by atoms with Gasteiger partial charge in [0.05, 0.1) is 5.56 Å². The van der Waals surface area contributed by atoms with Gasteiger partial charge in [-0.05, 0) is 232 Å². The molecule has 0 bridgehead atoms. The number of fused-ring (bicyclic) bond motifs is 6. The van der Waals surface area contributed by atoms with Crippen LogP contribution in [0.25, 0.3) is 44.5 Å². The summed E-state index contributed by atoms with van der Waals surface area (Å²) in [6.45, 7) is 24.7. The van der Waals surface area contributed by atoms with Gasteiger partial charge in [0.2, 0.25) is 0 Å². The Morgan fingerprint density at radius 3 is 0.901 bits per heavy atom. The van der Waals surface area contributed by atoms with Gasteiger partial charge in [-0.2, -0.15) is 0 Å². The van der Waals surface area contributed by atoms with Crippen LogP contribution in [0.3, 0.4) is 0 Å². The van der Waals surface area contributed by atoms with E-state index in [0.29, 0.717) is 26.2 Å². The molecule has 494 valence electrons. The molecular formula is C77H106N4O10. The zero-order valence-corrected chi connectivity index (χ0v) is 56.9. The van der Waals surface area contributed by atoms with E-state index in [1.54, 1.807) is 12.1 Å². The van der Waals surface area contributed by atoms with Crippen molar-refractivity contribution in [2.24, 2.45) is 0 Å². The lowest BCUT2D eigenvalue weighted by Crippen LogP contribution is -2.33. The fourth-order valence-electron chi connectivity index (χ4n) is 13.3. The molecule has 2 aliphatic carbocycles. The minimum Gasteiger partial charge on any atom is -0.478 e. The maximum Gasteiger partial charge on any atom is 0.407 e. The molecule has 0 aliphatic heterocycles. The Balaban J connectivity index is 1.23. The van der Waals surface area contributed by atoms with Crippen molar-refractivity contribution >= 4 is 30.3 Å². The summed E-state index contributed by atoms with van der Waals surface area (Å²) in [6.07, 6.45) is 17.5. The molecule has 5 aromatic rings. The zero-order chi connectivity index (χ0) is 66.0. The number of hydrogen-bond donors (Lipinski definition) is 5. The lowest BCUT2D eigenvalue weighted by Gasteiger charge is -2.34. The Morgan fingerprint density at radius 2 is 0.593 bits per heavy atom. The third-order valence-electron chi connectivity index (χ3n) is 17.2. The number of nitrogens with one attached hydrogen (secondary N) is 4. The number of ether oxygens (including phenoxy) is 4. The maximum absolute atomic E-state index is 12.5. The number of carboxylic acid groups (broad SMARTS) is 1. The number of amides is 4. The predicted octanol–water partition coefficient (Wildman–Crippen LogP) is 19.2. The summed E-state index contributed by atoms with van der Waals surface area (Å²) in [7, 11) is 0. The molecule has 4 amide bonds. The van der Waals surface area contributed by atoms with E-state index in [0.717, 1.165) is 140 Å². The highest BCUT2D eigenvalue weighted by molar-refractivity contribution is 5.90. The molecule has 0 fully saturated rings. The molecule has 0 aromatic heterocycles. The third kappa shape index (κ3) is 20.8. The first-order chi connectivity index (χ1) is 43.1. The normalized spacial score (nSPS) is 13.7. The van der Waals surface area contributed by atoms with Crippen molar-refractivity contribution < 1.29 is 48.0 Å². The molecule has 0 spiro atoms. The summed E-state index contributed by atoms with van der Waals surface area (Å²) in [4.78, 5) is 62.0. The molecule has 0 heterocycles. The summed E-state index contributed by atoms with van der Waals surface area (Å²) in [6, 6.07) is 37.4. The average molecular weight is 1250 g/mol. The van der Waals surface area contributed by atoms with Crippen LogP contribution in [0.5, 0.6) is 0 Å². The van der Waals surface area contributed by atoms with Crippen LogP contribution in [-0.4, -0.2) is 84.0 Å². The van der Waals surface area contributed by atoms with Crippen LogP contribution in [0.1, 0.15) is 244 Å². The van der Waals surface area contributed by atoms with Gasteiger partial charge in [-0.25, -0.2) is 24.0 Å². The number of unbranched alkanes of at least 4 members (excludes halogenated alkanes) is 12. The SMILES string of the molecule is CC(C)(C)OC(=O)NCCCCCCC1(CCCCCCNC(=O)OC(C)(C)C)c2ccccc2-c2ccc(-c3ccc4c(c3)C(CCCCCCNC(=O)OC(C)(C)C)(CCCCCCNC(=O)OC(C)(C)C)c3cc(-c5ccc(C(=O)O)cc5)ccc3-4)cc21. The van der Waals surface area contributed by atoms with Gasteiger partial charge in [0.1, 0.15) is 22.4 Å². The number of carbonyl (C=O) groups is 5. The van der Waals surface area contributed by atoms with Crippen molar-refractivity contribution in [3.05, 3.63) is 131 Å². The van der Waals surface area contributed by atoms with Gasteiger partial charge in [-0.3, -0.25) is 0 Å². The van der Waals surface area contributed by atoms with E-state index in [-0.39, 0.29) is 28.6 Å². The molecule has 5 N–H and O–H groups in total. The van der Waals surface area contributed by atoms with Gasteiger partial charge in [0, 0.05) is 37.0 Å². The summed E-state index contributed by atoms with van der Waals surface area (Å²) in [5.74, 6) is -0.956. The lowest BCUT2D eigenvalue weighted by atomic mass is 9.69. The highest BCUT2D eigenvalue weighted by Crippen LogP contribution is 2.58. The minimum atomic E-state index is -0.956. The summed E-state index contributed by atoms with van der Waals surface area (Å²) in [5, 5.41) is 21.6. The van der Waals surface area contributed by atoms with Crippen LogP contribution >= 0.6 is 0 Å². The van der Waals surface area contributed by atoms with E-state index >= 15 is 0 Å². The van der Waals surface area contributed by atoms with Gasteiger partial charge in [0.25, 0.3) is 0 Å². The number of rotatable bonds is 31. The fourth-order valence-corrected chi connectivity index (χ4v) is 13.3. The van der Waals surface area contributed by atoms with E-state index in [1.165, 1.54) is 55.6 Å².